The van der Waals surface area contributed by atoms with Gasteiger partial charge in [-0.3, -0.25) is 0 Å². The molecule has 0 radical (unpaired) electrons. The number of rotatable bonds is 2. The Balaban J connectivity index is 0. The topological polar surface area (TPSA) is 39.3 Å². The van der Waals surface area contributed by atoms with Crippen LogP contribution in [-0.2, 0) is 15.6 Å². The van der Waals surface area contributed by atoms with Crippen molar-refractivity contribution in [3.63, 3.8) is 0 Å². The number of halogens is 3. The summed E-state index contributed by atoms with van der Waals surface area (Å²) in [6.45, 7) is 9.20. The van der Waals surface area contributed by atoms with Crippen molar-refractivity contribution in [3.05, 3.63) is 30.3 Å². The summed E-state index contributed by atoms with van der Waals surface area (Å²) in [5.41, 5.74) is 0. The quantitative estimate of drug-likeness (QED) is 0.531. The van der Waals surface area contributed by atoms with Gasteiger partial charge in [-0.2, -0.15) is 0 Å². The SMILES string of the molecule is Cl.Cl.Cl.[CH3][Ti]([CH3])([CH3])([c]1ccccc1)[N]1CCCNCCCNCCCNCCC1. The third-order valence-corrected chi connectivity index (χ3v) is 13.6. The first-order chi connectivity index (χ1) is 12.5. The molecule has 1 aliphatic heterocycles. The van der Waals surface area contributed by atoms with Gasteiger partial charge in [-0.1, -0.05) is 0 Å². The fourth-order valence-corrected chi connectivity index (χ4v) is 9.53. The van der Waals surface area contributed by atoms with Crippen molar-refractivity contribution in [3.8, 4) is 0 Å². The molecule has 0 saturated carbocycles. The molecule has 0 spiro atoms. The maximum atomic E-state index is 3.63. The molecule has 29 heavy (non-hydrogen) atoms. The Morgan fingerprint density at radius 1 is 0.621 bits per heavy atom. The summed E-state index contributed by atoms with van der Waals surface area (Å²) in [6.07, 6.45) is 4.92. The molecule has 4 nitrogen and oxygen atoms in total. The van der Waals surface area contributed by atoms with Crippen LogP contribution in [0, 0.1) is 0 Å². The molecule has 0 aromatic heterocycles. The second-order valence-corrected chi connectivity index (χ2v) is 20.4. The van der Waals surface area contributed by atoms with Crippen LogP contribution in [0.25, 0.3) is 0 Å². The maximum absolute atomic E-state index is 3.63. The zero-order valence-corrected chi connectivity index (χ0v) is 22.6. The van der Waals surface area contributed by atoms with Gasteiger partial charge in [0, 0.05) is 0 Å². The van der Waals surface area contributed by atoms with Crippen LogP contribution < -0.4 is 19.8 Å². The Kier molecular flexibility index (Phi) is 17.9. The van der Waals surface area contributed by atoms with Gasteiger partial charge in [-0.05, 0) is 0 Å². The van der Waals surface area contributed by atoms with Gasteiger partial charge in [0.2, 0.25) is 0 Å². The van der Waals surface area contributed by atoms with Crippen molar-refractivity contribution in [2.75, 3.05) is 52.4 Å². The van der Waals surface area contributed by atoms with Gasteiger partial charge in [0.05, 0.1) is 0 Å². The number of benzene rings is 1. The molecule has 8 heteroatoms. The summed E-state index contributed by atoms with van der Waals surface area (Å²) >= 11 is -2.85. The number of nitrogens with zero attached hydrogens (tertiary/aromatic N) is 1. The monoisotopic (exact) mass is 505 g/mol. The molecule has 3 N–H and O–H groups in total. The second-order valence-electron chi connectivity index (χ2n) is 9.05. The Hall–Kier alpha value is 0.644. The van der Waals surface area contributed by atoms with Crippen molar-refractivity contribution < 1.29 is 15.6 Å². The molecular weight excluding hydrogens is 462 g/mol. The summed E-state index contributed by atoms with van der Waals surface area (Å²) < 4.78 is 4.47. The van der Waals surface area contributed by atoms with Gasteiger partial charge in [-0.25, -0.2) is 0 Å². The average molecular weight is 507 g/mol. The molecule has 173 valence electrons. The average Bonchev–Trinajstić information content (AvgIpc) is 2.62. The van der Waals surface area contributed by atoms with Crippen LogP contribution in [0.2, 0.25) is 15.7 Å². The first kappa shape index (κ1) is 31.8. The molecule has 0 aliphatic carbocycles. The fourth-order valence-electron chi connectivity index (χ4n) is 3.93. The third-order valence-electron chi connectivity index (χ3n) is 5.85. The van der Waals surface area contributed by atoms with E-state index < -0.39 is 15.6 Å². The zero-order chi connectivity index (χ0) is 18.7. The predicted molar refractivity (Wildman–Crippen MR) is 134 cm³/mol. The summed E-state index contributed by atoms with van der Waals surface area (Å²) in [5.74, 6) is 0. The van der Waals surface area contributed by atoms with Crippen LogP contribution >= 0.6 is 37.2 Å². The normalized spacial score (nSPS) is 20.0. The van der Waals surface area contributed by atoms with E-state index in [0.717, 1.165) is 39.3 Å². The van der Waals surface area contributed by atoms with Crippen LogP contribution in [0.4, 0.5) is 0 Å². The van der Waals surface area contributed by atoms with Gasteiger partial charge in [-0.15, -0.1) is 37.2 Å². The fraction of sp³-hybridized carbons (Fsp3) is 0.714. The number of nitrogens with one attached hydrogen (secondary N) is 3. The summed E-state index contributed by atoms with van der Waals surface area (Å²) in [7, 11) is 0. The van der Waals surface area contributed by atoms with Crippen molar-refractivity contribution in [2.45, 2.75) is 41.4 Å². The molecule has 1 fully saturated rings. The van der Waals surface area contributed by atoms with Gasteiger partial charge < -0.3 is 0 Å². The Bertz CT molecular complexity index is 496. The third kappa shape index (κ3) is 11.2. The number of hydrogen-bond donors (Lipinski definition) is 3. The van der Waals surface area contributed by atoms with Crippen LogP contribution in [0.5, 0.6) is 0 Å². The zero-order valence-electron chi connectivity index (χ0n) is 18.5. The van der Waals surface area contributed by atoms with Crippen molar-refractivity contribution in [1.29, 1.82) is 0 Å². The van der Waals surface area contributed by atoms with Crippen LogP contribution in [0.3, 0.4) is 0 Å². The van der Waals surface area contributed by atoms with E-state index in [1.165, 1.54) is 38.8 Å². The van der Waals surface area contributed by atoms with Gasteiger partial charge >= 0.3 is 163 Å². The molecule has 0 bridgehead atoms. The molecule has 0 amide bonds. The Labute approximate surface area is 199 Å². The molecule has 1 aliphatic rings. The summed E-state index contributed by atoms with van der Waals surface area (Å²) in [5, 5.41) is 18.5. The predicted octanol–water partition coefficient (Wildman–Crippen LogP) is 3.97. The molecule has 0 unspecified atom stereocenters. The van der Waals surface area contributed by atoms with E-state index in [1.807, 2.05) is 0 Å². The minimum absolute atomic E-state index is 0. The van der Waals surface area contributed by atoms with Crippen molar-refractivity contribution in [2.24, 2.45) is 0 Å². The van der Waals surface area contributed by atoms with E-state index in [-0.39, 0.29) is 37.2 Å². The van der Waals surface area contributed by atoms with E-state index in [1.54, 1.807) is 3.87 Å². The standard InChI is InChI=1S/C12H27N4.C6H5.3CH3.3ClH.Ti/c1-5-13-7-2-9-15-11-4-12-16-10-3-8-14-6-1;1-2-4-6-5-3-1;;;;;;;/h13-15H,1-12H2;1-5H;3*1H3;3*1H;/q-1;;;;;;;;+1. The molecule has 2 rings (SSSR count). The van der Waals surface area contributed by atoms with Crippen LogP contribution in [0.1, 0.15) is 25.7 Å². The molecular formula is C21H44Cl3N4Ti. The molecule has 0 atom stereocenters. The molecule has 1 heterocycles. The first-order valence-corrected chi connectivity index (χ1v) is 16.8. The molecule has 1 aromatic carbocycles. The van der Waals surface area contributed by atoms with Gasteiger partial charge in [0.1, 0.15) is 0 Å². The minimum atomic E-state index is -2.85. The van der Waals surface area contributed by atoms with Crippen LogP contribution in [-0.4, -0.2) is 55.7 Å². The van der Waals surface area contributed by atoms with Crippen molar-refractivity contribution in [1.82, 2.24) is 19.3 Å². The van der Waals surface area contributed by atoms with E-state index in [2.05, 4.69) is 65.3 Å². The van der Waals surface area contributed by atoms with Crippen LogP contribution in [0.15, 0.2) is 30.3 Å². The molecule has 1 saturated heterocycles. The first-order valence-electron chi connectivity index (χ1n) is 10.6. The number of hydrogen-bond acceptors (Lipinski definition) is 4. The second kappa shape index (κ2) is 16.3. The Morgan fingerprint density at radius 2 is 1.00 bits per heavy atom. The summed E-state index contributed by atoms with van der Waals surface area (Å²) in [4.78, 5) is 0. The van der Waals surface area contributed by atoms with Gasteiger partial charge in [0.15, 0.2) is 0 Å². The van der Waals surface area contributed by atoms with Gasteiger partial charge in [0.25, 0.3) is 0 Å². The van der Waals surface area contributed by atoms with E-state index in [4.69, 9.17) is 0 Å². The summed E-state index contributed by atoms with van der Waals surface area (Å²) in [6, 6.07) is 11.3. The van der Waals surface area contributed by atoms with Crippen molar-refractivity contribution >= 4 is 41.1 Å². The Morgan fingerprint density at radius 3 is 1.41 bits per heavy atom. The van der Waals surface area contributed by atoms with E-state index in [9.17, 15) is 0 Å². The molecule has 1 aromatic rings. The van der Waals surface area contributed by atoms with E-state index >= 15 is 0 Å². The van der Waals surface area contributed by atoms with E-state index in [0.29, 0.717) is 0 Å².